The number of aryl methyl sites for hydroxylation is 2. The first-order valence-electron chi connectivity index (χ1n) is 5.94. The number of nitriles is 1. The van der Waals surface area contributed by atoms with E-state index in [0.717, 1.165) is 32.5 Å². The number of nitrogens with zero attached hydrogens (tertiary/aromatic N) is 3. The molecule has 94 valence electrons. The summed E-state index contributed by atoms with van der Waals surface area (Å²) in [5.74, 6) is 0. The Morgan fingerprint density at radius 3 is 3.18 bits per heavy atom. The lowest BCUT2D eigenvalue weighted by molar-refractivity contribution is 0.199. The van der Waals surface area contributed by atoms with E-state index in [1.165, 1.54) is 5.56 Å². The van der Waals surface area contributed by atoms with Gasteiger partial charge in [-0.3, -0.25) is 4.68 Å². The Kier molecular flexibility index (Phi) is 7.03. The summed E-state index contributed by atoms with van der Waals surface area (Å²) in [6.45, 7) is 3.33. The van der Waals surface area contributed by atoms with Gasteiger partial charge in [0.2, 0.25) is 0 Å². The molecule has 1 aromatic rings. The minimum Gasteiger partial charge on any atom is -0.383 e. The van der Waals surface area contributed by atoms with Gasteiger partial charge in [-0.1, -0.05) is 0 Å². The van der Waals surface area contributed by atoms with Crippen molar-refractivity contribution >= 4 is 0 Å². The average molecular weight is 236 g/mol. The second-order valence-corrected chi connectivity index (χ2v) is 3.87. The zero-order valence-electron chi connectivity index (χ0n) is 10.4. The Labute approximate surface area is 102 Å². The second kappa shape index (κ2) is 8.74. The zero-order valence-corrected chi connectivity index (χ0v) is 10.4. The van der Waals surface area contributed by atoms with Crippen molar-refractivity contribution in [1.29, 1.82) is 5.26 Å². The van der Waals surface area contributed by atoms with Crippen molar-refractivity contribution in [3.05, 3.63) is 18.0 Å². The largest absolute Gasteiger partial charge is 0.383 e. The number of hydrogen-bond acceptors (Lipinski definition) is 4. The van der Waals surface area contributed by atoms with Crippen molar-refractivity contribution in [1.82, 2.24) is 15.1 Å². The smallest absolute Gasteiger partial charge is 0.0641 e. The quantitative estimate of drug-likeness (QED) is 0.649. The van der Waals surface area contributed by atoms with Crippen LogP contribution in [0.2, 0.25) is 0 Å². The summed E-state index contributed by atoms with van der Waals surface area (Å²) >= 11 is 0. The van der Waals surface area contributed by atoms with Gasteiger partial charge in [0.25, 0.3) is 0 Å². The molecule has 0 aliphatic heterocycles. The number of methoxy groups -OCH3 is 1. The van der Waals surface area contributed by atoms with Crippen LogP contribution in [0.15, 0.2) is 12.4 Å². The molecule has 5 heteroatoms. The minimum atomic E-state index is 0.514. The molecule has 0 atom stereocenters. The summed E-state index contributed by atoms with van der Waals surface area (Å²) in [7, 11) is 1.71. The van der Waals surface area contributed by atoms with Gasteiger partial charge in [0, 0.05) is 19.9 Å². The predicted molar refractivity (Wildman–Crippen MR) is 65.5 cm³/mol. The molecule has 0 aliphatic carbocycles. The maximum atomic E-state index is 8.47. The highest BCUT2D eigenvalue weighted by molar-refractivity contribution is 5.03. The number of ether oxygens (including phenoxy) is 1. The highest BCUT2D eigenvalue weighted by atomic mass is 16.5. The fourth-order valence-corrected chi connectivity index (χ4v) is 1.54. The molecule has 5 nitrogen and oxygen atoms in total. The highest BCUT2D eigenvalue weighted by Gasteiger charge is 1.98. The van der Waals surface area contributed by atoms with Gasteiger partial charge in [0.15, 0.2) is 0 Å². The summed E-state index contributed by atoms with van der Waals surface area (Å²) in [5, 5.41) is 16.0. The minimum absolute atomic E-state index is 0.514. The Morgan fingerprint density at radius 2 is 2.41 bits per heavy atom. The van der Waals surface area contributed by atoms with E-state index in [4.69, 9.17) is 10.00 Å². The molecule has 0 spiro atoms. The maximum absolute atomic E-state index is 8.47. The number of aromatic nitrogens is 2. The van der Waals surface area contributed by atoms with Crippen molar-refractivity contribution in [2.45, 2.75) is 25.8 Å². The van der Waals surface area contributed by atoms with Gasteiger partial charge in [0.1, 0.15) is 0 Å². The first-order valence-corrected chi connectivity index (χ1v) is 5.94. The van der Waals surface area contributed by atoms with E-state index in [2.05, 4.69) is 16.5 Å². The van der Waals surface area contributed by atoms with Gasteiger partial charge >= 0.3 is 0 Å². The molecule has 1 rings (SSSR count). The van der Waals surface area contributed by atoms with E-state index in [9.17, 15) is 0 Å². The molecule has 1 aromatic heterocycles. The Bertz CT molecular complexity index is 343. The number of nitrogens with one attached hydrogen (secondary N) is 1. The third-order valence-corrected chi connectivity index (χ3v) is 2.44. The van der Waals surface area contributed by atoms with E-state index < -0.39 is 0 Å². The molecule has 0 aliphatic rings. The molecule has 0 bridgehead atoms. The summed E-state index contributed by atoms with van der Waals surface area (Å²) < 4.78 is 6.78. The molecule has 0 amide bonds. The Morgan fingerprint density at radius 1 is 1.53 bits per heavy atom. The van der Waals surface area contributed by atoms with Gasteiger partial charge in [-0.25, -0.2) is 0 Å². The Balaban J connectivity index is 2.10. The van der Waals surface area contributed by atoms with E-state index in [1.807, 2.05) is 17.1 Å². The molecule has 0 radical (unpaired) electrons. The standard InChI is InChI=1S/C12H20N4O/c1-17-9-7-14-6-2-4-12-10-15-16(11-12)8-3-5-13/h10-11,14H,2-4,6-9H2,1H3. The predicted octanol–water partition coefficient (Wildman–Crippen LogP) is 0.965. The van der Waals surface area contributed by atoms with Gasteiger partial charge in [-0.2, -0.15) is 10.4 Å². The fraction of sp³-hybridized carbons (Fsp3) is 0.667. The van der Waals surface area contributed by atoms with Gasteiger partial charge < -0.3 is 10.1 Å². The molecular formula is C12H20N4O. The number of hydrogen-bond donors (Lipinski definition) is 1. The topological polar surface area (TPSA) is 62.9 Å². The SMILES string of the molecule is COCCNCCCc1cnn(CCC#N)c1. The van der Waals surface area contributed by atoms with Crippen LogP contribution in [-0.4, -0.2) is 36.6 Å². The van der Waals surface area contributed by atoms with E-state index in [-0.39, 0.29) is 0 Å². The fourth-order valence-electron chi connectivity index (χ4n) is 1.54. The van der Waals surface area contributed by atoms with Crippen molar-refractivity contribution in [2.75, 3.05) is 26.8 Å². The van der Waals surface area contributed by atoms with E-state index in [1.54, 1.807) is 7.11 Å². The monoisotopic (exact) mass is 236 g/mol. The van der Waals surface area contributed by atoms with Crippen molar-refractivity contribution in [3.8, 4) is 6.07 Å². The molecule has 1 heterocycles. The van der Waals surface area contributed by atoms with Crippen LogP contribution in [0.1, 0.15) is 18.4 Å². The molecule has 0 saturated carbocycles. The Hall–Kier alpha value is -1.38. The van der Waals surface area contributed by atoms with Crippen molar-refractivity contribution in [2.24, 2.45) is 0 Å². The molecule has 1 N–H and O–H groups in total. The third kappa shape index (κ3) is 6.05. The van der Waals surface area contributed by atoms with Crippen molar-refractivity contribution < 1.29 is 4.74 Å². The summed E-state index contributed by atoms with van der Waals surface area (Å²) in [4.78, 5) is 0. The molecule has 0 aromatic carbocycles. The summed E-state index contributed by atoms with van der Waals surface area (Å²) in [6, 6.07) is 2.11. The van der Waals surface area contributed by atoms with Gasteiger partial charge in [0.05, 0.1) is 31.8 Å². The summed E-state index contributed by atoms with van der Waals surface area (Å²) in [5.41, 5.74) is 1.23. The molecule has 17 heavy (non-hydrogen) atoms. The van der Waals surface area contributed by atoms with Crippen LogP contribution in [0.25, 0.3) is 0 Å². The lowest BCUT2D eigenvalue weighted by Gasteiger charge is -2.02. The first-order chi connectivity index (χ1) is 8.36. The van der Waals surface area contributed by atoms with Crippen LogP contribution in [0.5, 0.6) is 0 Å². The van der Waals surface area contributed by atoms with Gasteiger partial charge in [-0.15, -0.1) is 0 Å². The molecular weight excluding hydrogens is 216 g/mol. The van der Waals surface area contributed by atoms with Crippen molar-refractivity contribution in [3.63, 3.8) is 0 Å². The maximum Gasteiger partial charge on any atom is 0.0641 e. The normalized spacial score (nSPS) is 10.4. The first kappa shape index (κ1) is 13.7. The van der Waals surface area contributed by atoms with E-state index >= 15 is 0 Å². The van der Waals surface area contributed by atoms with Crippen LogP contribution in [0.4, 0.5) is 0 Å². The lowest BCUT2D eigenvalue weighted by atomic mass is 10.2. The van der Waals surface area contributed by atoms with E-state index in [0.29, 0.717) is 13.0 Å². The molecule has 0 saturated heterocycles. The molecule has 0 fully saturated rings. The van der Waals surface area contributed by atoms with Crippen LogP contribution in [0.3, 0.4) is 0 Å². The summed E-state index contributed by atoms with van der Waals surface area (Å²) in [6.07, 6.45) is 6.53. The number of rotatable bonds is 9. The van der Waals surface area contributed by atoms with Crippen LogP contribution < -0.4 is 5.32 Å². The van der Waals surface area contributed by atoms with Crippen LogP contribution in [0, 0.1) is 11.3 Å². The third-order valence-electron chi connectivity index (χ3n) is 2.44. The second-order valence-electron chi connectivity index (χ2n) is 3.87. The van der Waals surface area contributed by atoms with Crippen LogP contribution >= 0.6 is 0 Å². The lowest BCUT2D eigenvalue weighted by Crippen LogP contribution is -2.20. The highest BCUT2D eigenvalue weighted by Crippen LogP contribution is 2.01. The zero-order chi connectivity index (χ0) is 12.3. The van der Waals surface area contributed by atoms with Gasteiger partial charge in [-0.05, 0) is 24.9 Å². The van der Waals surface area contributed by atoms with Crippen LogP contribution in [-0.2, 0) is 17.7 Å². The molecule has 0 unspecified atom stereocenters. The average Bonchev–Trinajstić information content (AvgIpc) is 2.79.